The van der Waals surface area contributed by atoms with Gasteiger partial charge < -0.3 is 9.13 Å². The first-order chi connectivity index (χ1) is 11.4. The maximum absolute atomic E-state index is 3.98. The van der Waals surface area contributed by atoms with E-state index in [9.17, 15) is 0 Å². The zero-order valence-corrected chi connectivity index (χ0v) is 12.7. The predicted molar refractivity (Wildman–Crippen MR) is 91.3 cm³/mol. The number of hydrogen-bond donors (Lipinski definition) is 0. The molecule has 4 rings (SSSR count). The quantitative estimate of drug-likeness (QED) is 0.577. The summed E-state index contributed by atoms with van der Waals surface area (Å²) in [6.07, 6.45) is 11.1. The van der Waals surface area contributed by atoms with Crippen LogP contribution < -0.4 is 0 Å². The van der Waals surface area contributed by atoms with Crippen molar-refractivity contribution in [2.75, 3.05) is 0 Å². The lowest BCUT2D eigenvalue weighted by molar-refractivity contribution is 0.797. The fraction of sp³-hybridized carbons (Fsp3) is 0.0526. The summed E-state index contributed by atoms with van der Waals surface area (Å²) in [6, 6.07) is 20.4. The number of imidazole rings is 2. The molecule has 0 spiro atoms. The average Bonchev–Trinajstić information content (AvgIpc) is 3.31. The Morgan fingerprint density at radius 1 is 0.696 bits per heavy atom. The van der Waals surface area contributed by atoms with Crippen LogP contribution in [0.3, 0.4) is 0 Å². The van der Waals surface area contributed by atoms with E-state index in [1.807, 2.05) is 71.8 Å². The Balaban J connectivity index is 0.000000136. The van der Waals surface area contributed by atoms with Crippen LogP contribution in [0.4, 0.5) is 0 Å². The van der Waals surface area contributed by atoms with E-state index in [1.165, 1.54) is 5.56 Å². The largest absolute Gasteiger partial charge is 0.333 e. The normalized spacial score (nSPS) is 9.91. The van der Waals surface area contributed by atoms with Crippen molar-refractivity contribution in [1.29, 1.82) is 0 Å². The van der Waals surface area contributed by atoms with Crippen molar-refractivity contribution in [3.05, 3.63) is 104 Å². The highest BCUT2D eigenvalue weighted by atomic mass is 15.0. The Morgan fingerprint density at radius 2 is 1.35 bits per heavy atom. The van der Waals surface area contributed by atoms with Crippen molar-refractivity contribution >= 4 is 0 Å². The molecule has 2 aromatic heterocycles. The van der Waals surface area contributed by atoms with E-state index in [-0.39, 0.29) is 0 Å². The second-order valence-electron chi connectivity index (χ2n) is 5.03. The van der Waals surface area contributed by atoms with Crippen LogP contribution in [0, 0.1) is 0 Å². The molecule has 114 valence electrons. The Hall–Kier alpha value is -3.14. The molecule has 4 aromatic rings. The number of hydrogen-bond acceptors (Lipinski definition) is 2. The molecule has 0 bridgehead atoms. The van der Waals surface area contributed by atoms with Crippen molar-refractivity contribution in [3.63, 3.8) is 0 Å². The summed E-state index contributed by atoms with van der Waals surface area (Å²) in [4.78, 5) is 7.94. The van der Waals surface area contributed by atoms with Crippen LogP contribution >= 0.6 is 0 Å². The highest BCUT2D eigenvalue weighted by Crippen LogP contribution is 2.04. The molecule has 0 fully saturated rings. The molecule has 0 amide bonds. The first-order valence-corrected chi connectivity index (χ1v) is 7.45. The summed E-state index contributed by atoms with van der Waals surface area (Å²) in [5, 5.41) is 0. The smallest absolute Gasteiger partial charge is 0.0991 e. The molecule has 0 N–H and O–H groups in total. The summed E-state index contributed by atoms with van der Waals surface area (Å²) in [6.45, 7) is 0.904. The predicted octanol–water partition coefficient (Wildman–Crippen LogP) is 3.80. The third-order valence-corrected chi connectivity index (χ3v) is 3.33. The van der Waals surface area contributed by atoms with E-state index in [2.05, 4.69) is 26.7 Å². The number of benzene rings is 2. The fourth-order valence-corrected chi connectivity index (χ4v) is 2.19. The van der Waals surface area contributed by atoms with Gasteiger partial charge in [0.2, 0.25) is 0 Å². The molecule has 23 heavy (non-hydrogen) atoms. The third kappa shape index (κ3) is 4.41. The van der Waals surface area contributed by atoms with Crippen molar-refractivity contribution in [2.24, 2.45) is 0 Å². The average molecular weight is 302 g/mol. The van der Waals surface area contributed by atoms with Gasteiger partial charge in [0, 0.05) is 37.0 Å². The second kappa shape index (κ2) is 7.75. The Bertz CT molecular complexity index is 776. The first-order valence-electron chi connectivity index (χ1n) is 7.45. The van der Waals surface area contributed by atoms with Crippen LogP contribution in [-0.2, 0) is 6.54 Å². The van der Waals surface area contributed by atoms with Crippen LogP contribution in [0.15, 0.2) is 98.1 Å². The topological polar surface area (TPSA) is 35.6 Å². The zero-order chi connectivity index (χ0) is 15.7. The number of para-hydroxylation sites is 1. The molecule has 4 heteroatoms. The maximum atomic E-state index is 3.98. The first kappa shape index (κ1) is 14.8. The van der Waals surface area contributed by atoms with Gasteiger partial charge in [-0.15, -0.1) is 0 Å². The second-order valence-corrected chi connectivity index (χ2v) is 5.03. The van der Waals surface area contributed by atoms with Crippen LogP contribution in [0.5, 0.6) is 0 Å². The molecule has 0 aliphatic rings. The summed E-state index contributed by atoms with van der Waals surface area (Å²) < 4.78 is 4.02. The Morgan fingerprint density at radius 3 is 1.96 bits per heavy atom. The van der Waals surface area contributed by atoms with Gasteiger partial charge in [-0.2, -0.15) is 0 Å². The summed E-state index contributed by atoms with van der Waals surface area (Å²) >= 11 is 0. The lowest BCUT2D eigenvalue weighted by atomic mass is 10.2. The number of nitrogens with zero attached hydrogens (tertiary/aromatic N) is 4. The fourth-order valence-electron chi connectivity index (χ4n) is 2.19. The number of rotatable bonds is 3. The van der Waals surface area contributed by atoms with E-state index in [4.69, 9.17) is 0 Å². The molecular formula is C19H18N4. The molecule has 0 radical (unpaired) electrons. The van der Waals surface area contributed by atoms with E-state index in [0.29, 0.717) is 0 Å². The van der Waals surface area contributed by atoms with Gasteiger partial charge >= 0.3 is 0 Å². The van der Waals surface area contributed by atoms with Gasteiger partial charge in [-0.1, -0.05) is 48.5 Å². The monoisotopic (exact) mass is 302 g/mol. The molecule has 2 aromatic carbocycles. The lowest BCUT2D eigenvalue weighted by Gasteiger charge is -2.00. The van der Waals surface area contributed by atoms with Crippen molar-refractivity contribution < 1.29 is 0 Å². The maximum Gasteiger partial charge on any atom is 0.0991 e. The molecule has 0 atom stereocenters. The van der Waals surface area contributed by atoms with Crippen LogP contribution in [0.25, 0.3) is 5.69 Å². The van der Waals surface area contributed by atoms with Crippen molar-refractivity contribution in [3.8, 4) is 5.69 Å². The highest BCUT2D eigenvalue weighted by Gasteiger charge is 1.91. The van der Waals surface area contributed by atoms with Gasteiger partial charge in [-0.05, 0) is 17.7 Å². The Kier molecular flexibility index (Phi) is 4.98. The van der Waals surface area contributed by atoms with Crippen LogP contribution in [-0.4, -0.2) is 19.1 Å². The minimum Gasteiger partial charge on any atom is -0.333 e. The molecular weight excluding hydrogens is 284 g/mol. The van der Waals surface area contributed by atoms with Gasteiger partial charge in [0.15, 0.2) is 0 Å². The molecule has 0 unspecified atom stereocenters. The van der Waals surface area contributed by atoms with Gasteiger partial charge in [-0.25, -0.2) is 9.97 Å². The molecule has 0 aliphatic heterocycles. The molecule has 0 saturated heterocycles. The van der Waals surface area contributed by atoms with Gasteiger partial charge in [0.25, 0.3) is 0 Å². The minimum absolute atomic E-state index is 0.904. The lowest BCUT2D eigenvalue weighted by Crippen LogP contribution is -1.95. The SMILES string of the molecule is c1ccc(-n2ccnc2)cc1.c1ccc(Cn2ccnc2)cc1. The van der Waals surface area contributed by atoms with E-state index >= 15 is 0 Å². The van der Waals surface area contributed by atoms with Gasteiger partial charge in [-0.3, -0.25) is 0 Å². The summed E-state index contributed by atoms with van der Waals surface area (Å²) in [5.74, 6) is 0. The van der Waals surface area contributed by atoms with Crippen molar-refractivity contribution in [2.45, 2.75) is 6.54 Å². The molecule has 0 aliphatic carbocycles. The minimum atomic E-state index is 0.904. The summed E-state index contributed by atoms with van der Waals surface area (Å²) in [5.41, 5.74) is 2.44. The summed E-state index contributed by atoms with van der Waals surface area (Å²) in [7, 11) is 0. The highest BCUT2D eigenvalue weighted by molar-refractivity contribution is 5.30. The molecule has 4 nitrogen and oxygen atoms in total. The van der Waals surface area contributed by atoms with Gasteiger partial charge in [0.1, 0.15) is 0 Å². The number of aromatic nitrogens is 4. The van der Waals surface area contributed by atoms with Crippen LogP contribution in [0.1, 0.15) is 5.56 Å². The molecule has 2 heterocycles. The van der Waals surface area contributed by atoms with E-state index in [1.54, 1.807) is 18.7 Å². The molecule has 0 saturated carbocycles. The third-order valence-electron chi connectivity index (χ3n) is 3.33. The van der Waals surface area contributed by atoms with Crippen LogP contribution in [0.2, 0.25) is 0 Å². The standard InChI is InChI=1S/C10H10N2.C9H8N2/c1-2-4-10(5-3-1)8-12-7-6-11-9-12;1-2-4-9(5-3-1)11-7-6-10-8-11/h1-7,9H,8H2;1-8H. The van der Waals surface area contributed by atoms with E-state index < -0.39 is 0 Å². The van der Waals surface area contributed by atoms with Gasteiger partial charge in [0.05, 0.1) is 12.7 Å². The Labute approximate surface area is 135 Å². The van der Waals surface area contributed by atoms with E-state index in [0.717, 1.165) is 12.2 Å². The zero-order valence-electron chi connectivity index (χ0n) is 12.7. The van der Waals surface area contributed by atoms with Crippen molar-refractivity contribution in [1.82, 2.24) is 19.1 Å².